The molecule has 8 heteroatoms. The van der Waals surface area contributed by atoms with Gasteiger partial charge in [-0.05, 0) is 60.3 Å². The monoisotopic (exact) mass is 400 g/mol. The number of nitrogens with one attached hydrogen (secondary N) is 1. The van der Waals surface area contributed by atoms with E-state index in [1.165, 1.54) is 11.3 Å². The van der Waals surface area contributed by atoms with Crippen LogP contribution in [0.15, 0.2) is 14.7 Å². The third kappa shape index (κ3) is 2.94. The number of hydrogen-bond acceptors (Lipinski definition) is 4. The Morgan fingerprint density at radius 1 is 1.40 bits per heavy atom. The molecule has 0 amide bonds. The quantitative estimate of drug-likeness (QED) is 0.828. The van der Waals surface area contributed by atoms with Crippen molar-refractivity contribution in [1.29, 1.82) is 0 Å². The highest BCUT2D eigenvalue weighted by atomic mass is 79.9. The van der Waals surface area contributed by atoms with Crippen molar-refractivity contribution in [3.63, 3.8) is 0 Å². The van der Waals surface area contributed by atoms with E-state index in [2.05, 4.69) is 21.2 Å². The molecule has 2 saturated heterocycles. The summed E-state index contributed by atoms with van der Waals surface area (Å²) in [6.07, 6.45) is 0.973. The second-order valence-electron chi connectivity index (χ2n) is 5.30. The Hall–Kier alpha value is 0.340. The van der Waals surface area contributed by atoms with Crippen molar-refractivity contribution in [2.24, 2.45) is 11.8 Å². The summed E-state index contributed by atoms with van der Waals surface area (Å²) in [5, 5.41) is 3.36. The number of hydrogen-bond donors (Lipinski definition) is 1. The normalized spacial score (nSPS) is 27.1. The van der Waals surface area contributed by atoms with E-state index < -0.39 is 10.0 Å². The number of aryl methyl sites for hydroxylation is 1. The van der Waals surface area contributed by atoms with Crippen molar-refractivity contribution in [3.8, 4) is 0 Å². The molecule has 3 heterocycles. The molecule has 2 aliphatic rings. The lowest BCUT2D eigenvalue weighted by molar-refractivity contribution is 0.228. The summed E-state index contributed by atoms with van der Waals surface area (Å²) < 4.78 is 27.9. The van der Waals surface area contributed by atoms with Crippen LogP contribution in [0.1, 0.15) is 11.3 Å². The van der Waals surface area contributed by atoms with E-state index in [1.54, 1.807) is 10.4 Å². The van der Waals surface area contributed by atoms with Gasteiger partial charge in [-0.2, -0.15) is 4.31 Å². The maximum absolute atomic E-state index is 12.7. The number of thiophene rings is 1. The topological polar surface area (TPSA) is 49.4 Å². The summed E-state index contributed by atoms with van der Waals surface area (Å²) >= 11 is 4.85. The van der Waals surface area contributed by atoms with Gasteiger partial charge in [-0.25, -0.2) is 8.42 Å². The van der Waals surface area contributed by atoms with Crippen LogP contribution in [0, 0.1) is 18.8 Å². The highest BCUT2D eigenvalue weighted by Gasteiger charge is 2.38. The number of halogens is 2. The first kappa shape index (κ1) is 16.7. The lowest BCUT2D eigenvalue weighted by Gasteiger charge is -2.33. The first-order valence-electron chi connectivity index (χ1n) is 6.45. The maximum Gasteiger partial charge on any atom is 0.244 e. The molecule has 1 aromatic heterocycles. The van der Waals surface area contributed by atoms with E-state index >= 15 is 0 Å². The van der Waals surface area contributed by atoms with Crippen molar-refractivity contribution < 1.29 is 8.42 Å². The summed E-state index contributed by atoms with van der Waals surface area (Å²) in [7, 11) is -3.32. The Kier molecular flexibility index (Phi) is 5.20. The number of rotatable bonds is 2. The Morgan fingerprint density at radius 3 is 2.75 bits per heavy atom. The van der Waals surface area contributed by atoms with Gasteiger partial charge in [-0.3, -0.25) is 0 Å². The fourth-order valence-corrected chi connectivity index (χ4v) is 6.94. The molecule has 1 aromatic rings. The lowest BCUT2D eigenvalue weighted by atomic mass is 9.90. The van der Waals surface area contributed by atoms with Crippen LogP contribution in [0.2, 0.25) is 0 Å². The molecule has 1 N–H and O–H groups in total. The fraction of sp³-hybridized carbons (Fsp3) is 0.667. The van der Waals surface area contributed by atoms with Crippen molar-refractivity contribution in [2.75, 3.05) is 26.2 Å². The molecule has 0 aromatic carbocycles. The van der Waals surface area contributed by atoms with Gasteiger partial charge < -0.3 is 5.32 Å². The van der Waals surface area contributed by atoms with Crippen molar-refractivity contribution in [1.82, 2.24) is 9.62 Å². The molecule has 2 fully saturated rings. The molecule has 4 nitrogen and oxygen atoms in total. The van der Waals surface area contributed by atoms with Crippen LogP contribution < -0.4 is 5.32 Å². The highest BCUT2D eigenvalue weighted by molar-refractivity contribution is 9.11. The summed E-state index contributed by atoms with van der Waals surface area (Å²) in [4.78, 5) is 1.33. The van der Waals surface area contributed by atoms with Crippen molar-refractivity contribution >= 4 is 49.7 Å². The third-order valence-corrected chi connectivity index (χ3v) is 7.80. The van der Waals surface area contributed by atoms with Gasteiger partial charge in [-0.15, -0.1) is 23.7 Å². The first-order valence-corrected chi connectivity index (χ1v) is 9.50. The van der Waals surface area contributed by atoms with Gasteiger partial charge in [0.25, 0.3) is 0 Å². The Balaban J connectivity index is 0.00000147. The molecule has 20 heavy (non-hydrogen) atoms. The smallest absolute Gasteiger partial charge is 0.244 e. The van der Waals surface area contributed by atoms with Gasteiger partial charge in [0.05, 0.1) is 8.68 Å². The molecule has 3 rings (SSSR count). The zero-order chi connectivity index (χ0) is 13.6. The number of piperidine rings is 1. The van der Waals surface area contributed by atoms with E-state index in [0.29, 0.717) is 29.8 Å². The Bertz CT molecular complexity index is 590. The van der Waals surface area contributed by atoms with Crippen molar-refractivity contribution in [3.05, 3.63) is 14.7 Å². The molecule has 0 spiro atoms. The van der Waals surface area contributed by atoms with Gasteiger partial charge in [0.1, 0.15) is 0 Å². The van der Waals surface area contributed by atoms with Crippen LogP contribution >= 0.6 is 39.7 Å². The standard InChI is InChI=1S/C12H17BrN2O2S2.ClH/c1-8-11(4-12(13)18-8)19(16,17)15-3-2-9-5-14-6-10(9)7-15;/h4,9-10,14H,2-3,5-7H2,1H3;1H. The zero-order valence-electron chi connectivity index (χ0n) is 11.1. The average Bonchev–Trinajstić information content (AvgIpc) is 2.94. The molecule has 2 atom stereocenters. The van der Waals surface area contributed by atoms with Gasteiger partial charge in [0, 0.05) is 18.0 Å². The minimum atomic E-state index is -3.32. The lowest BCUT2D eigenvalue weighted by Crippen LogP contribution is -2.43. The van der Waals surface area contributed by atoms with E-state index in [0.717, 1.165) is 28.2 Å². The van der Waals surface area contributed by atoms with Crippen LogP contribution in [-0.4, -0.2) is 38.9 Å². The van der Waals surface area contributed by atoms with E-state index in [9.17, 15) is 8.42 Å². The van der Waals surface area contributed by atoms with Crippen LogP contribution in [0.5, 0.6) is 0 Å². The third-order valence-electron chi connectivity index (χ3n) is 4.13. The number of nitrogens with zero attached hydrogens (tertiary/aromatic N) is 1. The molecule has 0 saturated carbocycles. The average molecular weight is 402 g/mol. The molecule has 2 unspecified atom stereocenters. The molecule has 0 bridgehead atoms. The molecule has 0 radical (unpaired) electrons. The van der Waals surface area contributed by atoms with Gasteiger partial charge >= 0.3 is 0 Å². The second-order valence-corrected chi connectivity index (χ2v) is 9.84. The van der Waals surface area contributed by atoms with E-state index in [-0.39, 0.29) is 12.4 Å². The van der Waals surface area contributed by atoms with Gasteiger partial charge in [-0.1, -0.05) is 0 Å². The van der Waals surface area contributed by atoms with Gasteiger partial charge in [0.2, 0.25) is 10.0 Å². The van der Waals surface area contributed by atoms with Crippen LogP contribution in [-0.2, 0) is 10.0 Å². The molecule has 114 valence electrons. The molecular formula is C12H18BrClN2O2S2. The van der Waals surface area contributed by atoms with Crippen LogP contribution in [0.4, 0.5) is 0 Å². The predicted octanol–water partition coefficient (Wildman–Crippen LogP) is 2.47. The summed E-state index contributed by atoms with van der Waals surface area (Å²) in [5.41, 5.74) is 0. The summed E-state index contributed by atoms with van der Waals surface area (Å²) in [5.74, 6) is 1.13. The fourth-order valence-electron chi connectivity index (χ4n) is 3.05. The van der Waals surface area contributed by atoms with Crippen LogP contribution in [0.3, 0.4) is 0 Å². The van der Waals surface area contributed by atoms with E-state index in [1.807, 2.05) is 6.92 Å². The molecule has 2 aliphatic heterocycles. The zero-order valence-corrected chi connectivity index (χ0v) is 15.2. The number of fused-ring (bicyclic) bond motifs is 1. The Morgan fingerprint density at radius 2 is 2.10 bits per heavy atom. The van der Waals surface area contributed by atoms with Gasteiger partial charge in [0.15, 0.2) is 0 Å². The maximum atomic E-state index is 12.7. The SMILES string of the molecule is Cc1sc(Br)cc1S(=O)(=O)N1CCC2CNCC2C1.Cl. The highest BCUT2D eigenvalue weighted by Crippen LogP contribution is 2.34. The molecule has 0 aliphatic carbocycles. The van der Waals surface area contributed by atoms with Crippen molar-refractivity contribution in [2.45, 2.75) is 18.2 Å². The summed E-state index contributed by atoms with van der Waals surface area (Å²) in [6.45, 7) is 5.17. The summed E-state index contributed by atoms with van der Waals surface area (Å²) in [6, 6.07) is 1.73. The van der Waals surface area contributed by atoms with Crippen LogP contribution in [0.25, 0.3) is 0 Å². The first-order chi connectivity index (χ1) is 8.98. The van der Waals surface area contributed by atoms with E-state index in [4.69, 9.17) is 0 Å². The second kappa shape index (κ2) is 6.22. The minimum Gasteiger partial charge on any atom is -0.316 e. The molecular weight excluding hydrogens is 384 g/mol. The predicted molar refractivity (Wildman–Crippen MR) is 87.2 cm³/mol. The minimum absolute atomic E-state index is 0. The largest absolute Gasteiger partial charge is 0.316 e. The number of sulfonamides is 1. The Labute approximate surface area is 138 Å².